The lowest BCUT2D eigenvalue weighted by Crippen LogP contribution is -2.03. The molecule has 2 aromatic heterocycles. The van der Waals surface area contributed by atoms with Crippen molar-refractivity contribution in [2.45, 2.75) is 13.5 Å². The summed E-state index contributed by atoms with van der Waals surface area (Å²) in [5, 5.41) is 13.2. The highest BCUT2D eigenvalue weighted by molar-refractivity contribution is 9.10. The van der Waals surface area contributed by atoms with E-state index in [2.05, 4.69) is 31.2 Å². The van der Waals surface area contributed by atoms with Gasteiger partial charge in [0.15, 0.2) is 0 Å². The van der Waals surface area contributed by atoms with E-state index in [9.17, 15) is 5.11 Å². The topological polar surface area (TPSA) is 58.0 Å². The van der Waals surface area contributed by atoms with Crippen molar-refractivity contribution in [3.05, 3.63) is 45.4 Å². The van der Waals surface area contributed by atoms with E-state index in [0.29, 0.717) is 17.4 Å². The summed E-state index contributed by atoms with van der Waals surface area (Å²) in [5.74, 6) is 0.175. The van der Waals surface area contributed by atoms with E-state index in [1.807, 2.05) is 13.0 Å². The molecule has 6 heteroatoms. The zero-order valence-corrected chi connectivity index (χ0v) is 12.0. The summed E-state index contributed by atoms with van der Waals surface area (Å²) in [6.07, 6.45) is 1.62. The third kappa shape index (κ3) is 3.11. The quantitative estimate of drug-likeness (QED) is 0.846. The normalized spacial score (nSPS) is 10.4. The molecule has 2 rings (SSSR count). The van der Waals surface area contributed by atoms with Crippen LogP contribution in [-0.4, -0.2) is 15.1 Å². The maximum absolute atomic E-state index is 9.66. The number of hydrogen-bond acceptors (Lipinski definition) is 4. The Kier molecular flexibility index (Phi) is 4.04. The van der Waals surface area contributed by atoms with Crippen molar-refractivity contribution in [3.8, 4) is 5.75 Å². The molecule has 94 valence electrons. The minimum Gasteiger partial charge on any atom is -0.506 e. The molecule has 0 atom stereocenters. The summed E-state index contributed by atoms with van der Waals surface area (Å²) >= 11 is 9.10. The second-order valence-corrected chi connectivity index (χ2v) is 4.98. The van der Waals surface area contributed by atoms with E-state index in [1.54, 1.807) is 18.3 Å². The van der Waals surface area contributed by atoms with Gasteiger partial charge in [0.25, 0.3) is 0 Å². The Balaban J connectivity index is 2.11. The number of hydrogen-bond donors (Lipinski definition) is 2. The predicted molar refractivity (Wildman–Crippen MR) is 74.9 cm³/mol. The Hall–Kier alpha value is -1.33. The first kappa shape index (κ1) is 13.1. The van der Waals surface area contributed by atoms with Gasteiger partial charge in [0.1, 0.15) is 16.6 Å². The zero-order valence-electron chi connectivity index (χ0n) is 9.61. The average molecular weight is 329 g/mol. The number of halogens is 2. The fraction of sp³-hybridized carbons (Fsp3) is 0.167. The van der Waals surface area contributed by atoms with E-state index >= 15 is 0 Å². The van der Waals surface area contributed by atoms with E-state index < -0.39 is 0 Å². The number of rotatable bonds is 3. The van der Waals surface area contributed by atoms with Gasteiger partial charge in [-0.25, -0.2) is 4.98 Å². The van der Waals surface area contributed by atoms with Gasteiger partial charge in [0.05, 0.1) is 22.9 Å². The number of nitrogens with zero attached hydrogens (tertiary/aromatic N) is 2. The van der Waals surface area contributed by atoms with Crippen LogP contribution in [0.15, 0.2) is 28.9 Å². The van der Waals surface area contributed by atoms with E-state index in [1.165, 1.54) is 0 Å². The Labute approximate surface area is 118 Å². The van der Waals surface area contributed by atoms with Crippen LogP contribution in [-0.2, 0) is 6.54 Å². The first-order valence-electron chi connectivity index (χ1n) is 5.26. The van der Waals surface area contributed by atoms with Gasteiger partial charge in [-0.05, 0) is 41.1 Å². The van der Waals surface area contributed by atoms with Gasteiger partial charge >= 0.3 is 0 Å². The predicted octanol–water partition coefficient (Wildman–Crippen LogP) is 3.52. The summed E-state index contributed by atoms with van der Waals surface area (Å²) in [6, 6.07) is 5.22. The molecule has 0 amide bonds. The van der Waals surface area contributed by atoms with Crippen LogP contribution >= 0.6 is 27.5 Å². The van der Waals surface area contributed by atoms with Crippen molar-refractivity contribution in [2.75, 3.05) is 5.32 Å². The van der Waals surface area contributed by atoms with Gasteiger partial charge in [-0.2, -0.15) is 0 Å². The molecule has 0 aliphatic carbocycles. The van der Waals surface area contributed by atoms with Crippen LogP contribution in [0.5, 0.6) is 5.75 Å². The molecule has 0 bridgehead atoms. The standard InChI is InChI=1S/C12H11BrClN3O/c1-7-2-3-11(18)10(17-7)6-15-8-4-9(13)12(14)16-5-8/h2-5,15,18H,6H2,1H3. The van der Waals surface area contributed by atoms with E-state index in [4.69, 9.17) is 11.6 Å². The van der Waals surface area contributed by atoms with Crippen LogP contribution < -0.4 is 5.32 Å². The van der Waals surface area contributed by atoms with Crippen LogP contribution in [0.4, 0.5) is 5.69 Å². The van der Waals surface area contributed by atoms with Gasteiger partial charge in [0.2, 0.25) is 0 Å². The molecule has 0 aliphatic rings. The average Bonchev–Trinajstić information content (AvgIpc) is 2.34. The Morgan fingerprint density at radius 3 is 2.94 bits per heavy atom. The highest BCUT2D eigenvalue weighted by atomic mass is 79.9. The monoisotopic (exact) mass is 327 g/mol. The minimum atomic E-state index is 0.175. The second kappa shape index (κ2) is 5.54. The number of aryl methyl sites for hydroxylation is 1. The van der Waals surface area contributed by atoms with Crippen LogP contribution in [0.2, 0.25) is 5.15 Å². The van der Waals surface area contributed by atoms with E-state index in [0.717, 1.165) is 15.9 Å². The summed E-state index contributed by atoms with van der Waals surface area (Å²) in [7, 11) is 0. The summed E-state index contributed by atoms with van der Waals surface area (Å²) < 4.78 is 0.718. The molecule has 18 heavy (non-hydrogen) atoms. The number of nitrogens with one attached hydrogen (secondary N) is 1. The lowest BCUT2D eigenvalue weighted by molar-refractivity contribution is 0.464. The molecular formula is C12H11BrClN3O. The van der Waals surface area contributed by atoms with Crippen LogP contribution in [0, 0.1) is 6.92 Å². The van der Waals surface area contributed by atoms with Gasteiger partial charge in [0, 0.05) is 5.69 Å². The lowest BCUT2D eigenvalue weighted by Gasteiger charge is -2.08. The Morgan fingerprint density at radius 1 is 1.44 bits per heavy atom. The molecule has 0 saturated heterocycles. The second-order valence-electron chi connectivity index (χ2n) is 3.77. The minimum absolute atomic E-state index is 0.175. The third-order valence-electron chi connectivity index (χ3n) is 2.35. The first-order chi connectivity index (χ1) is 8.56. The summed E-state index contributed by atoms with van der Waals surface area (Å²) in [6.45, 7) is 2.30. The fourth-order valence-electron chi connectivity index (χ4n) is 1.44. The Morgan fingerprint density at radius 2 is 2.22 bits per heavy atom. The molecule has 2 aromatic rings. The SMILES string of the molecule is Cc1ccc(O)c(CNc2cnc(Cl)c(Br)c2)n1. The molecule has 2 N–H and O–H groups in total. The van der Waals surface area contributed by atoms with Gasteiger partial charge in [-0.3, -0.25) is 4.98 Å². The zero-order chi connectivity index (χ0) is 13.1. The molecular weight excluding hydrogens is 318 g/mol. The van der Waals surface area contributed by atoms with Crippen molar-refractivity contribution < 1.29 is 5.11 Å². The molecule has 0 fully saturated rings. The number of aromatic hydroxyl groups is 1. The lowest BCUT2D eigenvalue weighted by atomic mass is 10.3. The molecule has 0 unspecified atom stereocenters. The molecule has 2 heterocycles. The highest BCUT2D eigenvalue weighted by Gasteiger charge is 2.04. The number of anilines is 1. The van der Waals surface area contributed by atoms with Gasteiger partial charge in [-0.1, -0.05) is 11.6 Å². The molecule has 0 aliphatic heterocycles. The van der Waals surface area contributed by atoms with Crippen LogP contribution in [0.25, 0.3) is 0 Å². The Bertz CT molecular complexity index is 577. The van der Waals surface area contributed by atoms with Crippen molar-refractivity contribution in [3.63, 3.8) is 0 Å². The third-order valence-corrected chi connectivity index (χ3v) is 3.48. The van der Waals surface area contributed by atoms with Crippen LogP contribution in [0.1, 0.15) is 11.4 Å². The molecule has 0 radical (unpaired) electrons. The van der Waals surface area contributed by atoms with Crippen molar-refractivity contribution in [1.82, 2.24) is 9.97 Å². The van der Waals surface area contributed by atoms with Gasteiger partial charge < -0.3 is 10.4 Å². The number of aromatic nitrogens is 2. The smallest absolute Gasteiger partial charge is 0.143 e. The molecule has 4 nitrogen and oxygen atoms in total. The van der Waals surface area contributed by atoms with Crippen molar-refractivity contribution >= 4 is 33.2 Å². The highest BCUT2D eigenvalue weighted by Crippen LogP contribution is 2.23. The van der Waals surface area contributed by atoms with Gasteiger partial charge in [-0.15, -0.1) is 0 Å². The van der Waals surface area contributed by atoms with Crippen LogP contribution in [0.3, 0.4) is 0 Å². The maximum atomic E-state index is 9.66. The molecule has 0 aromatic carbocycles. The van der Waals surface area contributed by atoms with Crippen molar-refractivity contribution in [2.24, 2.45) is 0 Å². The van der Waals surface area contributed by atoms with E-state index in [-0.39, 0.29) is 5.75 Å². The largest absolute Gasteiger partial charge is 0.506 e. The summed E-state index contributed by atoms with van der Waals surface area (Å²) in [5.41, 5.74) is 2.26. The first-order valence-corrected chi connectivity index (χ1v) is 6.44. The molecule has 0 saturated carbocycles. The summed E-state index contributed by atoms with van der Waals surface area (Å²) in [4.78, 5) is 8.26. The maximum Gasteiger partial charge on any atom is 0.143 e. The fourth-order valence-corrected chi connectivity index (χ4v) is 1.89. The number of pyridine rings is 2. The van der Waals surface area contributed by atoms with Crippen molar-refractivity contribution in [1.29, 1.82) is 0 Å². The molecule has 0 spiro atoms.